The maximum absolute atomic E-state index is 12.2. The molecule has 0 saturated heterocycles. The molecule has 5 nitrogen and oxygen atoms in total. The highest BCUT2D eigenvalue weighted by molar-refractivity contribution is 5.88. The summed E-state index contributed by atoms with van der Waals surface area (Å²) in [5, 5.41) is 8.52. The lowest BCUT2D eigenvalue weighted by Crippen LogP contribution is -2.28. The highest BCUT2D eigenvalue weighted by Crippen LogP contribution is 2.13. The summed E-state index contributed by atoms with van der Waals surface area (Å²) in [6.07, 6.45) is 1.99. The van der Waals surface area contributed by atoms with Gasteiger partial charge in [0.2, 0.25) is 5.91 Å². The van der Waals surface area contributed by atoms with Crippen molar-refractivity contribution in [2.75, 3.05) is 6.54 Å². The Hall–Kier alpha value is -2.95. The number of nitrogens with one attached hydrogen (secondary N) is 1. The molecule has 5 heteroatoms. The number of benzene rings is 2. The van der Waals surface area contributed by atoms with Gasteiger partial charge in [-0.25, -0.2) is 4.68 Å². The van der Waals surface area contributed by atoms with Gasteiger partial charge in [0.15, 0.2) is 0 Å². The van der Waals surface area contributed by atoms with E-state index in [2.05, 4.69) is 22.5 Å². The fourth-order valence-corrected chi connectivity index (χ4v) is 2.89. The van der Waals surface area contributed by atoms with Crippen LogP contribution in [-0.2, 0) is 24.7 Å². The van der Waals surface area contributed by atoms with Gasteiger partial charge < -0.3 is 5.32 Å². The average Bonchev–Trinajstić information content (AvgIpc) is 2.64. The number of carbonyl (C=O) groups excluding carboxylic acids is 1. The lowest BCUT2D eigenvalue weighted by molar-refractivity contribution is -0.120. The van der Waals surface area contributed by atoms with Gasteiger partial charge in [-0.3, -0.25) is 9.59 Å². The smallest absolute Gasteiger partial charge is 0.274 e. The molecule has 0 aliphatic rings. The van der Waals surface area contributed by atoms with Gasteiger partial charge >= 0.3 is 0 Å². The molecule has 3 aromatic rings. The van der Waals surface area contributed by atoms with Crippen molar-refractivity contribution in [2.45, 2.75) is 19.3 Å². The summed E-state index contributed by atoms with van der Waals surface area (Å²) >= 11 is 0. The van der Waals surface area contributed by atoms with E-state index in [1.165, 1.54) is 10.2 Å². The van der Waals surface area contributed by atoms with Crippen LogP contribution in [0.4, 0.5) is 0 Å². The van der Waals surface area contributed by atoms with Crippen LogP contribution < -0.4 is 10.9 Å². The fourth-order valence-electron chi connectivity index (χ4n) is 2.89. The molecule has 0 atom stereocenters. The topological polar surface area (TPSA) is 64.0 Å². The molecule has 25 heavy (non-hydrogen) atoms. The first-order valence-corrected chi connectivity index (χ1v) is 8.40. The molecule has 0 saturated carbocycles. The first-order valence-electron chi connectivity index (χ1n) is 8.40. The normalized spacial score (nSPS) is 10.8. The second-order valence-corrected chi connectivity index (χ2v) is 6.04. The molecule has 0 aliphatic heterocycles. The van der Waals surface area contributed by atoms with E-state index in [9.17, 15) is 9.59 Å². The van der Waals surface area contributed by atoms with E-state index >= 15 is 0 Å². The predicted molar refractivity (Wildman–Crippen MR) is 98.5 cm³/mol. The minimum atomic E-state index is -0.150. The largest absolute Gasteiger partial charge is 0.356 e. The Labute approximate surface area is 146 Å². The molecule has 0 fully saturated rings. The lowest BCUT2D eigenvalue weighted by Gasteiger charge is -2.09. The van der Waals surface area contributed by atoms with Gasteiger partial charge in [-0.05, 0) is 24.5 Å². The van der Waals surface area contributed by atoms with Gasteiger partial charge in [0, 0.05) is 19.0 Å². The Morgan fingerprint density at radius 1 is 1.04 bits per heavy atom. The van der Waals surface area contributed by atoms with E-state index in [0.717, 1.165) is 18.2 Å². The number of amides is 1. The maximum Gasteiger partial charge on any atom is 0.274 e. The molecule has 0 radical (unpaired) electrons. The second-order valence-electron chi connectivity index (χ2n) is 6.04. The zero-order valence-corrected chi connectivity index (χ0v) is 14.2. The summed E-state index contributed by atoms with van der Waals surface area (Å²) < 4.78 is 1.29. The number of hydrogen-bond acceptors (Lipinski definition) is 3. The molecule has 0 bridgehead atoms. The summed E-state index contributed by atoms with van der Waals surface area (Å²) in [6, 6.07) is 17.5. The van der Waals surface area contributed by atoms with Crippen molar-refractivity contribution in [3.8, 4) is 0 Å². The molecule has 1 amide bonds. The SMILES string of the molecule is Cn1nc(CC(=O)NCCCc2ccccc2)c2ccccc2c1=O. The van der Waals surface area contributed by atoms with Crippen molar-refractivity contribution >= 4 is 16.7 Å². The van der Waals surface area contributed by atoms with E-state index in [-0.39, 0.29) is 17.9 Å². The van der Waals surface area contributed by atoms with E-state index in [0.29, 0.717) is 17.6 Å². The molecule has 3 rings (SSSR count). The Bertz CT molecular complexity index is 933. The number of hydrogen-bond donors (Lipinski definition) is 1. The summed E-state index contributed by atoms with van der Waals surface area (Å²) in [7, 11) is 1.61. The summed E-state index contributed by atoms with van der Waals surface area (Å²) in [4.78, 5) is 24.3. The van der Waals surface area contributed by atoms with Gasteiger partial charge in [0.05, 0.1) is 17.5 Å². The van der Waals surface area contributed by atoms with Crippen LogP contribution in [0.2, 0.25) is 0 Å². The van der Waals surface area contributed by atoms with Gasteiger partial charge in [0.25, 0.3) is 5.56 Å². The van der Waals surface area contributed by atoms with Crippen LogP contribution >= 0.6 is 0 Å². The van der Waals surface area contributed by atoms with Crippen molar-refractivity contribution in [3.63, 3.8) is 0 Å². The molecule has 1 N–H and O–H groups in total. The van der Waals surface area contributed by atoms with E-state index in [1.807, 2.05) is 36.4 Å². The minimum absolute atomic E-state index is 0.0793. The number of rotatable bonds is 6. The highest BCUT2D eigenvalue weighted by Gasteiger charge is 2.11. The van der Waals surface area contributed by atoms with Crippen molar-refractivity contribution in [3.05, 3.63) is 76.2 Å². The molecule has 0 spiro atoms. The van der Waals surface area contributed by atoms with Crippen LogP contribution in [0.25, 0.3) is 10.8 Å². The Morgan fingerprint density at radius 3 is 2.48 bits per heavy atom. The standard InChI is InChI=1S/C20H21N3O2/c1-23-20(25)17-12-6-5-11-16(17)18(22-23)14-19(24)21-13-7-10-15-8-3-2-4-9-15/h2-6,8-9,11-12H,7,10,13-14H2,1H3,(H,21,24). The average molecular weight is 335 g/mol. The third-order valence-corrected chi connectivity index (χ3v) is 4.17. The summed E-state index contributed by atoms with van der Waals surface area (Å²) in [5.41, 5.74) is 1.74. The minimum Gasteiger partial charge on any atom is -0.356 e. The third-order valence-electron chi connectivity index (χ3n) is 4.17. The molecule has 0 unspecified atom stereocenters. The Balaban J connectivity index is 1.61. The number of fused-ring (bicyclic) bond motifs is 1. The van der Waals surface area contributed by atoms with Crippen LogP contribution in [0.1, 0.15) is 17.7 Å². The predicted octanol–water partition coefficient (Wildman–Crippen LogP) is 2.22. The monoisotopic (exact) mass is 335 g/mol. The molecule has 1 heterocycles. The second kappa shape index (κ2) is 7.75. The highest BCUT2D eigenvalue weighted by atomic mass is 16.1. The van der Waals surface area contributed by atoms with Crippen LogP contribution in [0, 0.1) is 0 Å². The van der Waals surface area contributed by atoms with Gasteiger partial charge in [0.1, 0.15) is 0 Å². The number of aryl methyl sites for hydroxylation is 2. The summed E-state index contributed by atoms with van der Waals surface area (Å²) in [5.74, 6) is -0.0793. The number of nitrogens with zero attached hydrogens (tertiary/aromatic N) is 2. The van der Waals surface area contributed by atoms with Gasteiger partial charge in [-0.15, -0.1) is 0 Å². The first-order chi connectivity index (χ1) is 12.1. The molecule has 128 valence electrons. The zero-order valence-electron chi connectivity index (χ0n) is 14.2. The molecule has 2 aromatic carbocycles. The molecule has 1 aromatic heterocycles. The van der Waals surface area contributed by atoms with Crippen LogP contribution in [0.5, 0.6) is 0 Å². The van der Waals surface area contributed by atoms with E-state index in [1.54, 1.807) is 13.1 Å². The van der Waals surface area contributed by atoms with Crippen LogP contribution in [0.15, 0.2) is 59.4 Å². The van der Waals surface area contributed by atoms with Crippen molar-refractivity contribution in [2.24, 2.45) is 7.05 Å². The lowest BCUT2D eigenvalue weighted by atomic mass is 10.1. The third kappa shape index (κ3) is 4.12. The van der Waals surface area contributed by atoms with Gasteiger partial charge in [-0.2, -0.15) is 5.10 Å². The number of carbonyl (C=O) groups is 1. The van der Waals surface area contributed by atoms with Crippen LogP contribution in [-0.4, -0.2) is 22.2 Å². The molecular formula is C20H21N3O2. The maximum atomic E-state index is 12.2. The fraction of sp³-hybridized carbons (Fsp3) is 0.250. The van der Waals surface area contributed by atoms with E-state index < -0.39 is 0 Å². The van der Waals surface area contributed by atoms with Crippen molar-refractivity contribution in [1.82, 2.24) is 15.1 Å². The quantitative estimate of drug-likeness (QED) is 0.703. The van der Waals surface area contributed by atoms with Crippen molar-refractivity contribution in [1.29, 1.82) is 0 Å². The Morgan fingerprint density at radius 2 is 1.72 bits per heavy atom. The molecular weight excluding hydrogens is 314 g/mol. The molecule has 0 aliphatic carbocycles. The van der Waals surface area contributed by atoms with Gasteiger partial charge in [-0.1, -0.05) is 48.5 Å². The summed E-state index contributed by atoms with van der Waals surface area (Å²) in [6.45, 7) is 0.622. The number of aromatic nitrogens is 2. The zero-order chi connectivity index (χ0) is 17.6. The first kappa shape index (κ1) is 16.9. The Kier molecular flexibility index (Phi) is 5.23. The van der Waals surface area contributed by atoms with E-state index in [4.69, 9.17) is 0 Å². The van der Waals surface area contributed by atoms with Crippen molar-refractivity contribution < 1.29 is 4.79 Å². The van der Waals surface area contributed by atoms with Crippen LogP contribution in [0.3, 0.4) is 0 Å².